The number of nitrogens with zero attached hydrogens (tertiary/aromatic N) is 1. The first kappa shape index (κ1) is 18.9. The SMILES string of the molecule is O=C(C[C@@]1(O)C(=O)N(Cc2ccccc2Cl)c2ccc(Br)cc21)c1ccco1. The number of fused-ring (bicyclic) bond motifs is 1. The third kappa shape index (κ3) is 3.17. The van der Waals surface area contributed by atoms with Crippen molar-refractivity contribution in [1.29, 1.82) is 0 Å². The van der Waals surface area contributed by atoms with Gasteiger partial charge in [-0.25, -0.2) is 0 Å². The molecule has 1 aromatic heterocycles. The Morgan fingerprint density at radius 3 is 2.68 bits per heavy atom. The van der Waals surface area contributed by atoms with Gasteiger partial charge in [0.1, 0.15) is 0 Å². The molecule has 2 aromatic carbocycles. The standard InChI is InChI=1S/C21H15BrClNO4/c22-14-7-8-17-15(10-14)21(27,11-18(25)19-6-3-9-28-19)20(26)24(17)12-13-4-1-2-5-16(13)23/h1-10,27H,11-12H2/t21-/m0/s1. The van der Waals surface area contributed by atoms with E-state index in [1.807, 2.05) is 12.1 Å². The van der Waals surface area contributed by atoms with Gasteiger partial charge in [-0.3, -0.25) is 9.59 Å². The molecule has 1 atom stereocenters. The molecular formula is C21H15BrClNO4. The number of aliphatic hydroxyl groups is 1. The van der Waals surface area contributed by atoms with Gasteiger partial charge in [0.2, 0.25) is 5.78 Å². The second kappa shape index (κ2) is 7.20. The number of hydrogen-bond donors (Lipinski definition) is 1. The summed E-state index contributed by atoms with van der Waals surface area (Å²) >= 11 is 9.63. The number of anilines is 1. The zero-order valence-corrected chi connectivity index (χ0v) is 16.9. The Morgan fingerprint density at radius 2 is 1.96 bits per heavy atom. The number of hydrogen-bond acceptors (Lipinski definition) is 4. The van der Waals surface area contributed by atoms with Crippen LogP contribution >= 0.6 is 27.5 Å². The number of benzene rings is 2. The van der Waals surface area contributed by atoms with Crippen LogP contribution in [0.15, 0.2) is 69.8 Å². The maximum atomic E-state index is 13.3. The van der Waals surface area contributed by atoms with Gasteiger partial charge in [0.05, 0.1) is 24.9 Å². The van der Waals surface area contributed by atoms with Crippen molar-refractivity contribution in [3.63, 3.8) is 0 Å². The lowest BCUT2D eigenvalue weighted by molar-refractivity contribution is -0.136. The molecule has 0 radical (unpaired) electrons. The molecule has 0 fully saturated rings. The van der Waals surface area contributed by atoms with Gasteiger partial charge in [-0.15, -0.1) is 0 Å². The van der Waals surface area contributed by atoms with E-state index in [-0.39, 0.29) is 12.3 Å². The van der Waals surface area contributed by atoms with Crippen molar-refractivity contribution in [2.75, 3.05) is 4.90 Å². The van der Waals surface area contributed by atoms with Crippen molar-refractivity contribution in [1.82, 2.24) is 0 Å². The van der Waals surface area contributed by atoms with Crippen molar-refractivity contribution in [2.45, 2.75) is 18.6 Å². The number of rotatable bonds is 5. The van der Waals surface area contributed by atoms with Crippen molar-refractivity contribution >= 4 is 44.9 Å². The highest BCUT2D eigenvalue weighted by atomic mass is 79.9. The third-order valence-corrected chi connectivity index (χ3v) is 5.65. The summed E-state index contributed by atoms with van der Waals surface area (Å²) in [5.74, 6) is -0.922. The smallest absolute Gasteiger partial charge is 0.264 e. The van der Waals surface area contributed by atoms with Gasteiger partial charge in [-0.05, 0) is 42.0 Å². The lowest BCUT2D eigenvalue weighted by Gasteiger charge is -2.22. The molecule has 0 aliphatic carbocycles. The molecule has 4 rings (SSSR count). The zero-order valence-electron chi connectivity index (χ0n) is 14.6. The maximum absolute atomic E-state index is 13.3. The lowest BCUT2D eigenvalue weighted by atomic mass is 9.89. The van der Waals surface area contributed by atoms with Crippen LogP contribution in [0.4, 0.5) is 5.69 Å². The van der Waals surface area contributed by atoms with E-state index in [2.05, 4.69) is 15.9 Å². The number of halogens is 2. The first-order valence-electron chi connectivity index (χ1n) is 8.54. The van der Waals surface area contributed by atoms with Crippen molar-refractivity contribution in [3.05, 3.63) is 87.2 Å². The summed E-state index contributed by atoms with van der Waals surface area (Å²) in [6.07, 6.45) is 0.962. The minimum Gasteiger partial charge on any atom is -0.461 e. The predicted octanol–water partition coefficient (Wildman–Crippen LogP) is 4.70. The van der Waals surface area contributed by atoms with Gasteiger partial charge >= 0.3 is 0 Å². The molecule has 3 aromatic rings. The van der Waals surface area contributed by atoms with Crippen LogP contribution in [0.5, 0.6) is 0 Å². The summed E-state index contributed by atoms with van der Waals surface area (Å²) < 4.78 is 5.82. The van der Waals surface area contributed by atoms with Gasteiger partial charge in [0.25, 0.3) is 5.91 Å². The van der Waals surface area contributed by atoms with E-state index >= 15 is 0 Å². The summed E-state index contributed by atoms with van der Waals surface area (Å²) in [4.78, 5) is 27.3. The molecule has 142 valence electrons. The fraction of sp³-hybridized carbons (Fsp3) is 0.143. The Bertz CT molecular complexity index is 1070. The topological polar surface area (TPSA) is 70.8 Å². The number of carbonyl (C=O) groups is 2. The fourth-order valence-electron chi connectivity index (χ4n) is 3.40. The average molecular weight is 461 g/mol. The molecule has 28 heavy (non-hydrogen) atoms. The number of amides is 1. The Labute approximate surface area is 174 Å². The predicted molar refractivity (Wildman–Crippen MR) is 108 cm³/mol. The van der Waals surface area contributed by atoms with E-state index in [1.165, 1.54) is 17.2 Å². The molecule has 1 N–H and O–H groups in total. The highest BCUT2D eigenvalue weighted by molar-refractivity contribution is 9.10. The van der Waals surface area contributed by atoms with Gasteiger partial charge in [-0.2, -0.15) is 0 Å². The second-order valence-electron chi connectivity index (χ2n) is 6.58. The molecule has 0 saturated heterocycles. The minimum atomic E-state index is -1.98. The Hall–Kier alpha value is -2.41. The fourth-order valence-corrected chi connectivity index (χ4v) is 3.96. The van der Waals surface area contributed by atoms with Crippen LogP contribution in [0.1, 0.15) is 28.1 Å². The Morgan fingerprint density at radius 1 is 1.18 bits per heavy atom. The maximum Gasteiger partial charge on any atom is 0.264 e. The van der Waals surface area contributed by atoms with E-state index in [4.69, 9.17) is 16.0 Å². The number of furan rings is 1. The summed E-state index contributed by atoms with van der Waals surface area (Å²) in [5, 5.41) is 11.8. The molecule has 5 nitrogen and oxygen atoms in total. The van der Waals surface area contributed by atoms with E-state index in [9.17, 15) is 14.7 Å². The van der Waals surface area contributed by atoms with Crippen LogP contribution in [-0.2, 0) is 16.9 Å². The quantitative estimate of drug-likeness (QED) is 0.560. The van der Waals surface area contributed by atoms with Gasteiger partial charge < -0.3 is 14.4 Å². The Balaban J connectivity index is 1.74. The molecule has 0 spiro atoms. The van der Waals surface area contributed by atoms with Gasteiger partial charge in [0.15, 0.2) is 11.4 Å². The summed E-state index contributed by atoms with van der Waals surface area (Å²) in [6.45, 7) is 0.185. The Kier molecular flexibility index (Phi) is 4.87. The number of ketones is 1. The monoisotopic (exact) mass is 459 g/mol. The van der Waals surface area contributed by atoms with E-state index in [1.54, 1.807) is 36.4 Å². The molecular weight excluding hydrogens is 446 g/mol. The van der Waals surface area contributed by atoms with Crippen molar-refractivity contribution in [2.24, 2.45) is 0 Å². The molecule has 0 bridgehead atoms. The van der Waals surface area contributed by atoms with Crippen LogP contribution in [0.3, 0.4) is 0 Å². The normalized spacial score (nSPS) is 18.4. The average Bonchev–Trinajstić information content (AvgIpc) is 3.27. The van der Waals surface area contributed by atoms with Crippen LogP contribution in [0.25, 0.3) is 0 Å². The number of Topliss-reactive ketones (excluding diaryl/α,β-unsaturated/α-hetero) is 1. The van der Waals surface area contributed by atoms with Gasteiger partial charge in [-0.1, -0.05) is 45.7 Å². The molecule has 7 heteroatoms. The van der Waals surface area contributed by atoms with Crippen LogP contribution in [0, 0.1) is 0 Å². The van der Waals surface area contributed by atoms with Crippen molar-refractivity contribution < 1.29 is 19.1 Å². The third-order valence-electron chi connectivity index (χ3n) is 4.79. The van der Waals surface area contributed by atoms with E-state index in [0.29, 0.717) is 20.7 Å². The van der Waals surface area contributed by atoms with Crippen LogP contribution in [-0.4, -0.2) is 16.8 Å². The van der Waals surface area contributed by atoms with Crippen molar-refractivity contribution in [3.8, 4) is 0 Å². The van der Waals surface area contributed by atoms with Crippen LogP contribution in [0.2, 0.25) is 5.02 Å². The largest absolute Gasteiger partial charge is 0.461 e. The summed E-state index contributed by atoms with van der Waals surface area (Å²) in [7, 11) is 0. The molecule has 1 aliphatic rings. The highest BCUT2D eigenvalue weighted by Gasteiger charge is 2.51. The zero-order chi connectivity index (χ0) is 19.9. The molecule has 0 unspecified atom stereocenters. The second-order valence-corrected chi connectivity index (χ2v) is 7.90. The first-order chi connectivity index (χ1) is 13.4. The van der Waals surface area contributed by atoms with E-state index in [0.717, 1.165) is 5.56 Å². The highest BCUT2D eigenvalue weighted by Crippen LogP contribution is 2.45. The van der Waals surface area contributed by atoms with Gasteiger partial charge in [0, 0.05) is 15.1 Å². The molecule has 0 saturated carbocycles. The van der Waals surface area contributed by atoms with E-state index < -0.39 is 23.7 Å². The minimum absolute atomic E-state index is 0.0994. The molecule has 1 amide bonds. The summed E-state index contributed by atoms with van der Waals surface area (Å²) in [5.41, 5.74) is -0.320. The first-order valence-corrected chi connectivity index (χ1v) is 9.72. The lowest BCUT2D eigenvalue weighted by Crippen LogP contribution is -2.41. The summed E-state index contributed by atoms with van der Waals surface area (Å²) in [6, 6.07) is 15.5. The van der Waals surface area contributed by atoms with Crippen LogP contribution < -0.4 is 4.90 Å². The molecule has 2 heterocycles. The molecule has 1 aliphatic heterocycles. The number of carbonyl (C=O) groups excluding carboxylic acids is 2.